The summed E-state index contributed by atoms with van der Waals surface area (Å²) in [5, 5.41) is 6.10. The molecule has 2 N–H and O–H groups in total. The molecule has 0 bridgehead atoms. The van der Waals surface area contributed by atoms with Crippen LogP contribution in [0.15, 0.2) is 23.2 Å². The lowest BCUT2D eigenvalue weighted by Crippen LogP contribution is -2.44. The number of nitrogens with zero attached hydrogens (tertiary/aromatic N) is 2. The number of likely N-dealkylation sites (tertiary alicyclic amines) is 1. The van der Waals surface area contributed by atoms with E-state index in [0.29, 0.717) is 24.5 Å². The van der Waals surface area contributed by atoms with E-state index in [1.807, 2.05) is 0 Å². The molecule has 0 amide bonds. The Kier molecular flexibility index (Phi) is 8.04. The summed E-state index contributed by atoms with van der Waals surface area (Å²) in [7, 11) is 2.85. The van der Waals surface area contributed by atoms with Gasteiger partial charge in [0.25, 0.3) is 0 Å². The second-order valence-corrected chi connectivity index (χ2v) is 6.80. The van der Waals surface area contributed by atoms with Crippen LogP contribution in [0.5, 0.6) is 11.5 Å². The zero-order chi connectivity index (χ0) is 22.4. The van der Waals surface area contributed by atoms with Crippen LogP contribution in [0.2, 0.25) is 0 Å². The predicted molar refractivity (Wildman–Crippen MR) is 98.8 cm³/mol. The van der Waals surface area contributed by atoms with Crippen molar-refractivity contribution in [1.82, 2.24) is 15.5 Å². The van der Waals surface area contributed by atoms with E-state index in [1.54, 1.807) is 6.07 Å². The van der Waals surface area contributed by atoms with E-state index in [9.17, 15) is 26.3 Å². The number of halogens is 6. The number of guanidine groups is 1. The van der Waals surface area contributed by atoms with Gasteiger partial charge >= 0.3 is 12.4 Å². The fourth-order valence-corrected chi connectivity index (χ4v) is 3.02. The summed E-state index contributed by atoms with van der Waals surface area (Å²) in [5.41, 5.74) is 0.694. The smallest absolute Gasteiger partial charge is 0.422 e. The van der Waals surface area contributed by atoms with Crippen molar-refractivity contribution in [2.24, 2.45) is 4.99 Å². The molecule has 0 spiro atoms. The van der Waals surface area contributed by atoms with Crippen LogP contribution in [0.4, 0.5) is 26.3 Å². The largest absolute Gasteiger partial charge is 0.493 e. The Labute approximate surface area is 170 Å². The van der Waals surface area contributed by atoms with Gasteiger partial charge in [-0.3, -0.25) is 9.89 Å². The van der Waals surface area contributed by atoms with Gasteiger partial charge in [-0.1, -0.05) is 6.07 Å². The summed E-state index contributed by atoms with van der Waals surface area (Å²) in [6, 6.07) is 4.32. The van der Waals surface area contributed by atoms with Crippen molar-refractivity contribution in [3.63, 3.8) is 0 Å². The molecule has 1 aliphatic heterocycles. The lowest BCUT2D eigenvalue weighted by molar-refractivity contribution is -0.153. The van der Waals surface area contributed by atoms with Gasteiger partial charge in [0.1, 0.15) is 0 Å². The number of nitrogens with one attached hydrogen (secondary N) is 2. The molecule has 170 valence electrons. The highest BCUT2D eigenvalue weighted by Gasteiger charge is 2.34. The highest BCUT2D eigenvalue weighted by molar-refractivity contribution is 5.80. The Hall–Kier alpha value is -2.37. The molecule has 1 saturated heterocycles. The third-order valence-electron chi connectivity index (χ3n) is 4.32. The second-order valence-electron chi connectivity index (χ2n) is 6.80. The van der Waals surface area contributed by atoms with Gasteiger partial charge in [0.2, 0.25) is 0 Å². The monoisotopic (exact) mass is 442 g/mol. The maximum atomic E-state index is 12.5. The van der Waals surface area contributed by atoms with Crippen LogP contribution in [0.3, 0.4) is 0 Å². The number of hydrogen-bond acceptors (Lipinski definition) is 4. The molecule has 12 heteroatoms. The minimum absolute atomic E-state index is 0.0307. The topological polar surface area (TPSA) is 58.1 Å². The normalized spacial score (nSPS) is 18.4. The van der Waals surface area contributed by atoms with Gasteiger partial charge < -0.3 is 20.1 Å². The summed E-state index contributed by atoms with van der Waals surface area (Å²) in [4.78, 5) is 5.38. The Bertz CT molecular complexity index is 724. The molecule has 1 atom stereocenters. The lowest BCUT2D eigenvalue weighted by Gasteiger charge is -2.20. The first-order valence-corrected chi connectivity index (χ1v) is 9.12. The molecular weight excluding hydrogens is 418 g/mol. The van der Waals surface area contributed by atoms with E-state index in [4.69, 9.17) is 9.47 Å². The van der Waals surface area contributed by atoms with Crippen LogP contribution in [-0.2, 0) is 6.54 Å². The first-order chi connectivity index (χ1) is 14.0. The number of hydrogen-bond donors (Lipinski definition) is 2. The Morgan fingerprint density at radius 1 is 1.17 bits per heavy atom. The Morgan fingerprint density at radius 2 is 1.90 bits per heavy atom. The average molecular weight is 442 g/mol. The molecule has 0 radical (unpaired) electrons. The van der Waals surface area contributed by atoms with Gasteiger partial charge in [-0.25, -0.2) is 0 Å². The molecule has 1 unspecified atom stereocenters. The van der Waals surface area contributed by atoms with Crippen molar-refractivity contribution < 1.29 is 35.8 Å². The number of aliphatic imine (C=N–C) groups is 1. The van der Waals surface area contributed by atoms with Crippen LogP contribution in [-0.4, -0.2) is 69.7 Å². The number of benzene rings is 1. The molecule has 1 aromatic carbocycles. The Balaban J connectivity index is 1.87. The number of methoxy groups -OCH3 is 1. The summed E-state index contributed by atoms with van der Waals surface area (Å²) in [6.07, 6.45) is -8.14. The lowest BCUT2D eigenvalue weighted by atomic mass is 10.2. The van der Waals surface area contributed by atoms with Crippen LogP contribution < -0.4 is 20.1 Å². The zero-order valence-corrected chi connectivity index (χ0v) is 16.5. The van der Waals surface area contributed by atoms with Crippen molar-refractivity contribution in [3.05, 3.63) is 23.8 Å². The first kappa shape index (κ1) is 23.9. The summed E-state index contributed by atoms with van der Waals surface area (Å²) in [5.74, 6) is 0.530. The Morgan fingerprint density at radius 3 is 2.50 bits per heavy atom. The fraction of sp³-hybridized carbons (Fsp3) is 0.611. The summed E-state index contributed by atoms with van der Waals surface area (Å²) in [6.45, 7) is -1.51. The van der Waals surface area contributed by atoms with Gasteiger partial charge in [0.15, 0.2) is 24.1 Å². The highest BCUT2D eigenvalue weighted by atomic mass is 19.4. The number of rotatable bonds is 7. The van der Waals surface area contributed by atoms with Crippen molar-refractivity contribution in [3.8, 4) is 11.5 Å². The number of ether oxygens (including phenoxy) is 2. The molecular formula is C18H24F6N4O2. The van der Waals surface area contributed by atoms with E-state index < -0.39 is 25.5 Å². The van der Waals surface area contributed by atoms with Gasteiger partial charge in [-0.15, -0.1) is 0 Å². The van der Waals surface area contributed by atoms with Crippen LogP contribution in [0.1, 0.15) is 12.0 Å². The molecule has 1 aliphatic rings. The average Bonchev–Trinajstić information content (AvgIpc) is 3.07. The first-order valence-electron chi connectivity index (χ1n) is 9.12. The van der Waals surface area contributed by atoms with Crippen LogP contribution >= 0.6 is 0 Å². The second kappa shape index (κ2) is 10.1. The molecule has 0 saturated carbocycles. The molecule has 2 rings (SSSR count). The molecule has 0 aliphatic carbocycles. The molecule has 1 fully saturated rings. The molecule has 30 heavy (non-hydrogen) atoms. The SMILES string of the molecule is CN=C(NCc1ccc(OCC(F)(F)F)c(OC)c1)NC1CCN(CC(F)(F)F)C1. The molecule has 0 aromatic heterocycles. The van der Waals surface area contributed by atoms with E-state index in [1.165, 1.54) is 31.2 Å². The van der Waals surface area contributed by atoms with Gasteiger partial charge in [0, 0.05) is 32.7 Å². The van der Waals surface area contributed by atoms with E-state index in [-0.39, 0.29) is 30.6 Å². The quantitative estimate of drug-likeness (QED) is 0.387. The van der Waals surface area contributed by atoms with Gasteiger partial charge in [0.05, 0.1) is 13.7 Å². The maximum Gasteiger partial charge on any atom is 0.422 e. The molecule has 1 heterocycles. The third kappa shape index (κ3) is 8.17. The summed E-state index contributed by atoms with van der Waals surface area (Å²) >= 11 is 0. The highest BCUT2D eigenvalue weighted by Crippen LogP contribution is 2.29. The van der Waals surface area contributed by atoms with Crippen molar-refractivity contribution in [2.75, 3.05) is 40.4 Å². The van der Waals surface area contributed by atoms with Gasteiger partial charge in [-0.2, -0.15) is 26.3 Å². The minimum atomic E-state index is -4.46. The predicted octanol–water partition coefficient (Wildman–Crippen LogP) is 2.94. The molecule has 6 nitrogen and oxygen atoms in total. The van der Waals surface area contributed by atoms with E-state index >= 15 is 0 Å². The standard InChI is InChI=1S/C18H24F6N4O2/c1-25-16(27-13-5-6-28(9-13)10-17(19,20)21)26-8-12-3-4-14(15(7-12)29-2)30-11-18(22,23)24/h3-4,7,13H,5-6,8-11H2,1-2H3,(H2,25,26,27). The zero-order valence-electron chi connectivity index (χ0n) is 16.5. The molecule has 1 aromatic rings. The van der Waals surface area contributed by atoms with Crippen molar-refractivity contribution in [1.29, 1.82) is 0 Å². The van der Waals surface area contributed by atoms with Crippen LogP contribution in [0.25, 0.3) is 0 Å². The number of alkyl halides is 6. The minimum Gasteiger partial charge on any atom is -0.493 e. The maximum absolute atomic E-state index is 12.5. The van der Waals surface area contributed by atoms with Crippen molar-refractivity contribution >= 4 is 5.96 Å². The van der Waals surface area contributed by atoms with Gasteiger partial charge in [-0.05, 0) is 24.1 Å². The third-order valence-corrected chi connectivity index (χ3v) is 4.32. The summed E-state index contributed by atoms with van der Waals surface area (Å²) < 4.78 is 84.3. The fourth-order valence-electron chi connectivity index (χ4n) is 3.02. The van der Waals surface area contributed by atoms with Crippen molar-refractivity contribution in [2.45, 2.75) is 31.4 Å². The van der Waals surface area contributed by atoms with E-state index in [2.05, 4.69) is 15.6 Å². The van der Waals surface area contributed by atoms with E-state index in [0.717, 1.165) is 0 Å². The van der Waals surface area contributed by atoms with Crippen LogP contribution in [0, 0.1) is 0 Å².